The molecule has 2 saturated heterocycles. The van der Waals surface area contributed by atoms with E-state index in [1.807, 2.05) is 11.8 Å². The molecule has 0 spiro atoms. The summed E-state index contributed by atoms with van der Waals surface area (Å²) in [5.41, 5.74) is 0. The highest BCUT2D eigenvalue weighted by Crippen LogP contribution is 2.32. The number of nitrogens with one attached hydrogen (secondary N) is 4. The van der Waals surface area contributed by atoms with E-state index in [1.165, 1.54) is 0 Å². The Labute approximate surface area is 135 Å². The minimum Gasteiger partial charge on any atom is -0.484 e. The Balaban J connectivity index is 1.39. The summed E-state index contributed by atoms with van der Waals surface area (Å²) in [7, 11) is 0. The quantitative estimate of drug-likeness (QED) is 0.140. The molecule has 22 heavy (non-hydrogen) atoms. The van der Waals surface area contributed by atoms with E-state index in [-0.39, 0.29) is 6.03 Å². The minimum atomic E-state index is -0.0215. The van der Waals surface area contributed by atoms with Crippen LogP contribution in [0.5, 0.6) is 0 Å². The Bertz CT molecular complexity index is 359. The van der Waals surface area contributed by atoms with E-state index in [4.69, 9.17) is 14.9 Å². The van der Waals surface area contributed by atoms with Gasteiger partial charge in [0, 0.05) is 17.6 Å². The molecule has 0 bridgehead atoms. The second-order valence-corrected chi connectivity index (χ2v) is 6.78. The topological polar surface area (TPSA) is 95.5 Å². The van der Waals surface area contributed by atoms with Crippen LogP contribution in [0.1, 0.15) is 25.7 Å². The molecule has 3 unspecified atom stereocenters. The van der Waals surface area contributed by atoms with Gasteiger partial charge in [-0.1, -0.05) is 0 Å². The number of carbonyl (C=O) groups excluding carboxylic acids is 1. The third kappa shape index (κ3) is 5.66. The SMILES string of the molecule is N=COCCCCNCOCCCC1SCC2NC(=O)NC21. The number of hydrogen-bond donors (Lipinski definition) is 4. The van der Waals surface area contributed by atoms with Crippen molar-refractivity contribution in [3.8, 4) is 0 Å². The van der Waals surface area contributed by atoms with Crippen molar-refractivity contribution >= 4 is 24.2 Å². The summed E-state index contributed by atoms with van der Waals surface area (Å²) in [6.07, 6.45) is 5.05. The molecule has 0 radical (unpaired) electrons. The Morgan fingerprint density at radius 2 is 2.23 bits per heavy atom. The van der Waals surface area contributed by atoms with Gasteiger partial charge in [0.1, 0.15) is 0 Å². The molecular weight excluding hydrogens is 304 g/mol. The fraction of sp³-hybridized carbons (Fsp3) is 0.857. The second-order valence-electron chi connectivity index (χ2n) is 5.51. The molecule has 2 amide bonds. The molecule has 2 aliphatic heterocycles. The van der Waals surface area contributed by atoms with Crippen molar-refractivity contribution in [2.24, 2.45) is 0 Å². The molecule has 2 heterocycles. The van der Waals surface area contributed by atoms with E-state index in [9.17, 15) is 4.79 Å². The first-order valence-electron chi connectivity index (χ1n) is 7.89. The van der Waals surface area contributed by atoms with Crippen molar-refractivity contribution in [3.63, 3.8) is 0 Å². The van der Waals surface area contributed by atoms with E-state index in [0.29, 0.717) is 30.7 Å². The van der Waals surface area contributed by atoms with E-state index < -0.39 is 0 Å². The van der Waals surface area contributed by atoms with Gasteiger partial charge in [-0.3, -0.25) is 10.7 Å². The molecule has 0 saturated carbocycles. The Morgan fingerprint density at radius 3 is 3.09 bits per heavy atom. The number of rotatable bonds is 12. The lowest BCUT2D eigenvalue weighted by Gasteiger charge is -2.16. The lowest BCUT2D eigenvalue weighted by Crippen LogP contribution is -2.36. The maximum Gasteiger partial charge on any atom is 0.315 e. The first-order valence-corrected chi connectivity index (χ1v) is 8.94. The first kappa shape index (κ1) is 17.4. The summed E-state index contributed by atoms with van der Waals surface area (Å²) in [4.78, 5) is 11.3. The van der Waals surface area contributed by atoms with Gasteiger partial charge in [-0.25, -0.2) is 4.79 Å². The number of thioether (sulfide) groups is 1. The van der Waals surface area contributed by atoms with Gasteiger partial charge in [0.25, 0.3) is 0 Å². The van der Waals surface area contributed by atoms with Gasteiger partial charge in [0.2, 0.25) is 0 Å². The highest BCUT2D eigenvalue weighted by molar-refractivity contribution is 8.00. The maximum atomic E-state index is 11.3. The third-order valence-electron chi connectivity index (χ3n) is 3.87. The van der Waals surface area contributed by atoms with Crippen LogP contribution in [0.15, 0.2) is 0 Å². The number of fused-ring (bicyclic) bond motifs is 1. The zero-order valence-electron chi connectivity index (χ0n) is 12.8. The van der Waals surface area contributed by atoms with Crippen molar-refractivity contribution in [3.05, 3.63) is 0 Å². The van der Waals surface area contributed by atoms with Crippen LogP contribution >= 0.6 is 11.8 Å². The van der Waals surface area contributed by atoms with Gasteiger partial charge < -0.3 is 20.1 Å². The fourth-order valence-electron chi connectivity index (χ4n) is 2.74. The van der Waals surface area contributed by atoms with E-state index >= 15 is 0 Å². The van der Waals surface area contributed by atoms with Gasteiger partial charge in [-0.05, 0) is 32.2 Å². The van der Waals surface area contributed by atoms with Gasteiger partial charge in [0.15, 0.2) is 6.40 Å². The molecule has 0 aliphatic carbocycles. The summed E-state index contributed by atoms with van der Waals surface area (Å²) in [5.74, 6) is 1.01. The van der Waals surface area contributed by atoms with Crippen molar-refractivity contribution in [2.45, 2.75) is 43.0 Å². The average molecular weight is 330 g/mol. The minimum absolute atomic E-state index is 0.0215. The lowest BCUT2D eigenvalue weighted by atomic mass is 10.1. The number of hydrogen-bond acceptors (Lipinski definition) is 6. The van der Waals surface area contributed by atoms with Crippen LogP contribution < -0.4 is 16.0 Å². The summed E-state index contributed by atoms with van der Waals surface area (Å²) >= 11 is 1.94. The van der Waals surface area contributed by atoms with Crippen LogP contribution in [0.25, 0.3) is 0 Å². The Hall–Kier alpha value is -0.990. The molecule has 2 rings (SSSR count). The summed E-state index contributed by atoms with van der Waals surface area (Å²) < 4.78 is 10.4. The third-order valence-corrected chi connectivity index (χ3v) is 5.38. The number of carbonyl (C=O) groups is 1. The van der Waals surface area contributed by atoms with Gasteiger partial charge in [-0.2, -0.15) is 11.8 Å². The summed E-state index contributed by atoms with van der Waals surface area (Å²) in [5, 5.41) is 16.4. The van der Waals surface area contributed by atoms with Crippen LogP contribution in [0, 0.1) is 5.41 Å². The van der Waals surface area contributed by atoms with Gasteiger partial charge >= 0.3 is 6.03 Å². The van der Waals surface area contributed by atoms with Crippen molar-refractivity contribution in [1.29, 1.82) is 5.41 Å². The van der Waals surface area contributed by atoms with Gasteiger partial charge in [-0.15, -0.1) is 0 Å². The number of ether oxygens (including phenoxy) is 2. The number of unbranched alkanes of at least 4 members (excludes halogenated alkanes) is 1. The Kier molecular flexibility index (Phi) is 7.82. The maximum absolute atomic E-state index is 11.3. The largest absolute Gasteiger partial charge is 0.484 e. The van der Waals surface area contributed by atoms with Crippen LogP contribution in [0.3, 0.4) is 0 Å². The summed E-state index contributed by atoms with van der Waals surface area (Å²) in [6.45, 7) is 2.84. The van der Waals surface area contributed by atoms with Gasteiger partial charge in [0.05, 0.1) is 25.4 Å². The van der Waals surface area contributed by atoms with E-state index in [1.54, 1.807) is 0 Å². The molecule has 126 valence electrons. The van der Waals surface area contributed by atoms with Crippen LogP contribution in [-0.2, 0) is 9.47 Å². The van der Waals surface area contributed by atoms with E-state index in [2.05, 4.69) is 16.0 Å². The second kappa shape index (κ2) is 9.91. The molecule has 2 fully saturated rings. The highest BCUT2D eigenvalue weighted by Gasteiger charge is 2.42. The van der Waals surface area contributed by atoms with E-state index in [0.717, 1.165) is 51.0 Å². The number of amides is 2. The predicted octanol–water partition coefficient (Wildman–Crippen LogP) is 0.900. The predicted molar refractivity (Wildman–Crippen MR) is 87.5 cm³/mol. The van der Waals surface area contributed by atoms with Crippen LogP contribution in [0.2, 0.25) is 0 Å². The van der Waals surface area contributed by atoms with Crippen molar-refractivity contribution < 1.29 is 14.3 Å². The molecule has 3 atom stereocenters. The van der Waals surface area contributed by atoms with Crippen LogP contribution in [-0.4, -0.2) is 62.0 Å². The highest BCUT2D eigenvalue weighted by atomic mass is 32.2. The fourth-order valence-corrected chi connectivity index (χ4v) is 4.28. The van der Waals surface area contributed by atoms with Crippen molar-refractivity contribution in [1.82, 2.24) is 16.0 Å². The number of urea groups is 1. The molecule has 7 nitrogen and oxygen atoms in total. The zero-order valence-corrected chi connectivity index (χ0v) is 13.6. The van der Waals surface area contributed by atoms with Crippen LogP contribution in [0.4, 0.5) is 4.79 Å². The summed E-state index contributed by atoms with van der Waals surface area (Å²) in [6, 6.07) is 0.576. The molecule has 0 aromatic rings. The lowest BCUT2D eigenvalue weighted by molar-refractivity contribution is 0.112. The zero-order chi connectivity index (χ0) is 15.6. The molecule has 0 aromatic carbocycles. The molecule has 8 heteroatoms. The molecule has 2 aliphatic rings. The molecule has 0 aromatic heterocycles. The molecular formula is C14H26N4O3S. The smallest absolute Gasteiger partial charge is 0.315 e. The van der Waals surface area contributed by atoms with Crippen molar-refractivity contribution in [2.75, 3.05) is 32.2 Å². The molecule has 4 N–H and O–H groups in total. The Morgan fingerprint density at radius 1 is 1.32 bits per heavy atom. The monoisotopic (exact) mass is 330 g/mol. The normalized spacial score (nSPS) is 26.4. The first-order chi connectivity index (χ1) is 10.8. The standard InChI is InChI=1S/C14H26N4O3S/c15-9-20-6-2-1-5-16-10-21-7-3-4-12-13-11(8-22-12)17-14(19)18-13/h9,11-13,15-16H,1-8,10H2,(H2,17,18,19). The average Bonchev–Trinajstić information content (AvgIpc) is 3.04.